The topological polar surface area (TPSA) is 65.5 Å². The number of rotatable bonds is 4. The van der Waals surface area contributed by atoms with Crippen molar-refractivity contribution < 1.29 is 9.15 Å². The molecule has 0 radical (unpaired) electrons. The molecule has 2 aromatic carbocycles. The van der Waals surface area contributed by atoms with E-state index in [1.54, 1.807) is 4.52 Å². The van der Waals surface area contributed by atoms with E-state index in [1.807, 2.05) is 67.6 Å². The van der Waals surface area contributed by atoms with Gasteiger partial charge in [0.05, 0.1) is 0 Å². The monoisotopic (exact) mass is 362 g/mol. The van der Waals surface area contributed by atoms with E-state index in [-0.39, 0.29) is 6.10 Å². The van der Waals surface area contributed by atoms with E-state index in [0.717, 1.165) is 21.7 Å². The zero-order chi connectivity index (χ0) is 17.5. The van der Waals surface area contributed by atoms with Crippen LogP contribution in [0.15, 0.2) is 65.1 Å². The number of benzene rings is 2. The molecule has 7 heteroatoms. The molecule has 0 aliphatic rings. The normalized spacial score (nSPS) is 12.7. The first-order valence-electron chi connectivity index (χ1n) is 8.21. The second kappa shape index (κ2) is 5.96. The first-order valence-corrected chi connectivity index (χ1v) is 9.02. The van der Waals surface area contributed by atoms with Gasteiger partial charge >= 0.3 is 0 Å². The molecule has 6 nitrogen and oxygen atoms in total. The lowest BCUT2D eigenvalue weighted by Gasteiger charge is -2.11. The number of hydrogen-bond donors (Lipinski definition) is 0. The standard InChI is InChI=1S/C19H14N4O2S/c1-12(24-14-8-3-2-4-9-14)18-22-23-17(20-21-19(23)26-18)16-11-13-7-5-6-10-15(13)25-16/h2-12H,1H3/t12-/m1/s1. The van der Waals surface area contributed by atoms with Gasteiger partial charge in [-0.3, -0.25) is 0 Å². The van der Waals surface area contributed by atoms with Crippen molar-refractivity contribution in [2.45, 2.75) is 13.0 Å². The van der Waals surface area contributed by atoms with Gasteiger partial charge in [0.25, 0.3) is 0 Å². The van der Waals surface area contributed by atoms with Crippen LogP contribution in [0.5, 0.6) is 5.75 Å². The Hall–Kier alpha value is -3.19. The molecule has 5 rings (SSSR count). The van der Waals surface area contributed by atoms with E-state index in [2.05, 4.69) is 15.3 Å². The number of fused-ring (bicyclic) bond motifs is 2. The summed E-state index contributed by atoms with van der Waals surface area (Å²) in [6.45, 7) is 1.97. The molecule has 0 spiro atoms. The fraction of sp³-hybridized carbons (Fsp3) is 0.105. The van der Waals surface area contributed by atoms with Gasteiger partial charge in [-0.25, -0.2) is 0 Å². The van der Waals surface area contributed by atoms with Gasteiger partial charge in [0, 0.05) is 5.39 Å². The van der Waals surface area contributed by atoms with Crippen LogP contribution < -0.4 is 4.74 Å². The van der Waals surface area contributed by atoms with Crippen LogP contribution in [0.25, 0.3) is 27.5 Å². The van der Waals surface area contributed by atoms with Crippen molar-refractivity contribution in [3.05, 3.63) is 65.7 Å². The molecule has 0 fully saturated rings. The van der Waals surface area contributed by atoms with Gasteiger partial charge in [-0.05, 0) is 31.2 Å². The maximum absolute atomic E-state index is 5.96. The molecule has 128 valence electrons. The molecule has 0 aliphatic heterocycles. The first kappa shape index (κ1) is 15.1. The Balaban J connectivity index is 1.51. The Morgan fingerprint density at radius 1 is 1.04 bits per heavy atom. The summed E-state index contributed by atoms with van der Waals surface area (Å²) in [4.78, 5) is 0.707. The molecule has 3 heterocycles. The van der Waals surface area contributed by atoms with Crippen LogP contribution in [0.1, 0.15) is 18.0 Å². The molecule has 0 bridgehead atoms. The Kier molecular flexibility index (Phi) is 3.46. The van der Waals surface area contributed by atoms with Gasteiger partial charge in [-0.15, -0.1) is 10.2 Å². The lowest BCUT2D eigenvalue weighted by atomic mass is 10.2. The third kappa shape index (κ3) is 2.53. The molecular formula is C19H14N4O2S. The molecule has 0 saturated heterocycles. The third-order valence-electron chi connectivity index (χ3n) is 4.06. The van der Waals surface area contributed by atoms with E-state index >= 15 is 0 Å². The van der Waals surface area contributed by atoms with Crippen molar-refractivity contribution in [1.29, 1.82) is 0 Å². The Morgan fingerprint density at radius 2 is 1.85 bits per heavy atom. The molecule has 0 saturated carbocycles. The maximum atomic E-state index is 5.96. The van der Waals surface area contributed by atoms with E-state index in [4.69, 9.17) is 9.15 Å². The van der Waals surface area contributed by atoms with E-state index in [0.29, 0.717) is 16.5 Å². The lowest BCUT2D eigenvalue weighted by Crippen LogP contribution is -2.03. The van der Waals surface area contributed by atoms with E-state index in [9.17, 15) is 0 Å². The highest BCUT2D eigenvalue weighted by Gasteiger charge is 2.20. The SMILES string of the molecule is C[C@@H](Oc1ccccc1)c1nn2c(-c3cc4ccccc4o3)nnc2s1. The van der Waals surface area contributed by atoms with E-state index in [1.165, 1.54) is 11.3 Å². The predicted molar refractivity (Wildman–Crippen MR) is 99.4 cm³/mol. The number of para-hydroxylation sites is 2. The minimum absolute atomic E-state index is 0.187. The van der Waals surface area contributed by atoms with Crippen molar-refractivity contribution >= 4 is 27.3 Å². The molecule has 0 aliphatic carbocycles. The van der Waals surface area contributed by atoms with Crippen LogP contribution in [-0.2, 0) is 0 Å². The highest BCUT2D eigenvalue weighted by Crippen LogP contribution is 2.30. The Bertz CT molecular complexity index is 1160. The summed E-state index contributed by atoms with van der Waals surface area (Å²) in [5.74, 6) is 2.04. The van der Waals surface area contributed by atoms with Gasteiger partial charge < -0.3 is 9.15 Å². The fourth-order valence-corrected chi connectivity index (χ4v) is 3.61. The van der Waals surface area contributed by atoms with Gasteiger partial charge in [0.2, 0.25) is 10.8 Å². The van der Waals surface area contributed by atoms with Crippen LogP contribution in [0.3, 0.4) is 0 Å². The maximum Gasteiger partial charge on any atom is 0.235 e. The van der Waals surface area contributed by atoms with Crippen molar-refractivity contribution in [3.8, 4) is 17.3 Å². The number of furan rings is 1. The zero-order valence-electron chi connectivity index (χ0n) is 13.9. The van der Waals surface area contributed by atoms with Crippen molar-refractivity contribution in [2.75, 3.05) is 0 Å². The van der Waals surface area contributed by atoms with Crippen molar-refractivity contribution in [2.24, 2.45) is 0 Å². The largest absolute Gasteiger partial charge is 0.483 e. The first-order chi connectivity index (χ1) is 12.8. The van der Waals surface area contributed by atoms with Gasteiger partial charge in [-0.2, -0.15) is 9.61 Å². The third-order valence-corrected chi connectivity index (χ3v) is 5.12. The molecule has 1 atom stereocenters. The summed E-state index contributed by atoms with van der Waals surface area (Å²) in [7, 11) is 0. The van der Waals surface area contributed by atoms with Crippen LogP contribution in [0, 0.1) is 0 Å². The molecule has 5 aromatic rings. The average Bonchev–Trinajstić information content (AvgIpc) is 3.35. The second-order valence-corrected chi connectivity index (χ2v) is 6.87. The molecule has 0 amide bonds. The summed E-state index contributed by atoms with van der Waals surface area (Å²) in [6, 6.07) is 19.5. The molecule has 26 heavy (non-hydrogen) atoms. The van der Waals surface area contributed by atoms with Crippen LogP contribution in [0.2, 0.25) is 0 Å². The highest BCUT2D eigenvalue weighted by molar-refractivity contribution is 7.16. The predicted octanol–water partition coefficient (Wildman–Crippen LogP) is 4.74. The minimum Gasteiger partial charge on any atom is -0.483 e. The van der Waals surface area contributed by atoms with E-state index < -0.39 is 0 Å². The Labute approximate surface area is 152 Å². The minimum atomic E-state index is -0.187. The van der Waals surface area contributed by atoms with Crippen LogP contribution in [0.4, 0.5) is 0 Å². The molecular weight excluding hydrogens is 348 g/mol. The molecule has 0 N–H and O–H groups in total. The van der Waals surface area contributed by atoms with Gasteiger partial charge in [-0.1, -0.05) is 47.7 Å². The zero-order valence-corrected chi connectivity index (χ0v) is 14.7. The second-order valence-electron chi connectivity index (χ2n) is 5.88. The summed E-state index contributed by atoms with van der Waals surface area (Å²) in [5, 5.41) is 15.0. The van der Waals surface area contributed by atoms with Crippen LogP contribution >= 0.6 is 11.3 Å². The summed E-state index contributed by atoms with van der Waals surface area (Å²) < 4.78 is 13.6. The molecule has 3 aromatic heterocycles. The highest BCUT2D eigenvalue weighted by atomic mass is 32.1. The van der Waals surface area contributed by atoms with Gasteiger partial charge in [0.15, 0.2) is 10.8 Å². The summed E-state index contributed by atoms with van der Waals surface area (Å²) in [5.41, 5.74) is 0.815. The lowest BCUT2D eigenvalue weighted by molar-refractivity contribution is 0.225. The smallest absolute Gasteiger partial charge is 0.235 e. The quantitative estimate of drug-likeness (QED) is 0.462. The Morgan fingerprint density at radius 3 is 2.69 bits per heavy atom. The summed E-state index contributed by atoms with van der Waals surface area (Å²) >= 11 is 1.46. The number of ether oxygens (including phenoxy) is 1. The van der Waals surface area contributed by atoms with Gasteiger partial charge in [0.1, 0.15) is 17.4 Å². The number of nitrogens with zero attached hydrogens (tertiary/aromatic N) is 4. The average molecular weight is 362 g/mol. The summed E-state index contributed by atoms with van der Waals surface area (Å²) in [6.07, 6.45) is -0.187. The number of hydrogen-bond acceptors (Lipinski definition) is 6. The number of aromatic nitrogens is 4. The fourth-order valence-electron chi connectivity index (χ4n) is 2.80. The van der Waals surface area contributed by atoms with Crippen LogP contribution in [-0.4, -0.2) is 19.8 Å². The van der Waals surface area contributed by atoms with Crippen molar-refractivity contribution in [3.63, 3.8) is 0 Å². The molecule has 0 unspecified atom stereocenters. The van der Waals surface area contributed by atoms with Crippen molar-refractivity contribution in [1.82, 2.24) is 19.8 Å².